The number of esters is 1. The Kier molecular flexibility index (Phi) is 5.25. The molecule has 0 aliphatic carbocycles. The molecular formula is C16H14N2O5S2. The van der Waals surface area contributed by atoms with Crippen LogP contribution < -0.4 is 0 Å². The lowest BCUT2D eigenvalue weighted by Gasteiger charge is -2.04. The molecule has 2 heterocycles. The Morgan fingerprint density at radius 2 is 1.96 bits per heavy atom. The van der Waals surface area contributed by atoms with Gasteiger partial charge in [-0.1, -0.05) is 29.4 Å². The summed E-state index contributed by atoms with van der Waals surface area (Å²) in [6.45, 7) is -0.192. The number of thiophene rings is 1. The van der Waals surface area contributed by atoms with E-state index in [0.29, 0.717) is 5.82 Å². The fourth-order valence-corrected chi connectivity index (χ4v) is 3.89. The summed E-state index contributed by atoms with van der Waals surface area (Å²) in [5.41, 5.74) is 0. The van der Waals surface area contributed by atoms with E-state index in [4.69, 9.17) is 9.26 Å². The normalized spacial score (nSPS) is 11.4. The highest BCUT2D eigenvalue weighted by molar-refractivity contribution is 7.91. The summed E-state index contributed by atoms with van der Waals surface area (Å²) in [5.74, 6) is -0.383. The molecule has 0 saturated heterocycles. The van der Waals surface area contributed by atoms with Crippen molar-refractivity contribution in [2.75, 3.05) is 5.75 Å². The highest BCUT2D eigenvalue weighted by atomic mass is 32.2. The van der Waals surface area contributed by atoms with Gasteiger partial charge in [0, 0.05) is 0 Å². The van der Waals surface area contributed by atoms with Gasteiger partial charge in [0.25, 0.3) is 5.89 Å². The van der Waals surface area contributed by atoms with Gasteiger partial charge in [-0.15, -0.1) is 11.3 Å². The number of hydrogen-bond donors (Lipinski definition) is 0. The number of benzene rings is 1. The van der Waals surface area contributed by atoms with Crippen molar-refractivity contribution in [1.29, 1.82) is 0 Å². The predicted molar refractivity (Wildman–Crippen MR) is 90.5 cm³/mol. The summed E-state index contributed by atoms with van der Waals surface area (Å²) in [6, 6.07) is 11.7. The molecule has 0 N–H and O–H groups in total. The fourth-order valence-electron chi connectivity index (χ4n) is 2.00. The molecule has 25 heavy (non-hydrogen) atoms. The third kappa shape index (κ3) is 4.52. The first-order chi connectivity index (χ1) is 12.0. The third-order valence-electron chi connectivity index (χ3n) is 3.24. The molecule has 3 rings (SSSR count). The van der Waals surface area contributed by atoms with Gasteiger partial charge in [0.15, 0.2) is 16.4 Å². The quantitative estimate of drug-likeness (QED) is 0.583. The Hall–Kier alpha value is -2.52. The molecule has 0 aliphatic heterocycles. The molecule has 3 aromatic rings. The van der Waals surface area contributed by atoms with Crippen molar-refractivity contribution in [3.05, 3.63) is 53.7 Å². The lowest BCUT2D eigenvalue weighted by atomic mass is 10.4. The van der Waals surface area contributed by atoms with Crippen LogP contribution in [0.2, 0.25) is 0 Å². The van der Waals surface area contributed by atoms with E-state index in [1.54, 1.807) is 18.2 Å². The second-order valence-corrected chi connectivity index (χ2v) is 8.09. The smallest absolute Gasteiger partial charge is 0.307 e. The number of aromatic nitrogens is 2. The van der Waals surface area contributed by atoms with E-state index in [-0.39, 0.29) is 29.6 Å². The molecule has 0 unspecified atom stereocenters. The molecule has 9 heteroatoms. The topological polar surface area (TPSA) is 99.4 Å². The number of rotatable bonds is 7. The molecule has 0 spiro atoms. The van der Waals surface area contributed by atoms with Crippen LogP contribution in [-0.4, -0.2) is 30.3 Å². The van der Waals surface area contributed by atoms with Gasteiger partial charge in [0.05, 0.1) is 21.9 Å². The van der Waals surface area contributed by atoms with Crippen LogP contribution in [0.15, 0.2) is 57.3 Å². The second-order valence-electron chi connectivity index (χ2n) is 5.03. The summed E-state index contributed by atoms with van der Waals surface area (Å²) in [5, 5.41) is 5.69. The van der Waals surface area contributed by atoms with E-state index in [2.05, 4.69) is 10.1 Å². The van der Waals surface area contributed by atoms with E-state index in [1.807, 2.05) is 17.5 Å². The van der Waals surface area contributed by atoms with Crippen molar-refractivity contribution >= 4 is 27.1 Å². The Labute approximate surface area is 148 Å². The van der Waals surface area contributed by atoms with Crippen LogP contribution >= 0.6 is 11.3 Å². The average molecular weight is 378 g/mol. The largest absolute Gasteiger partial charge is 0.456 e. The zero-order valence-electron chi connectivity index (χ0n) is 13.0. The van der Waals surface area contributed by atoms with E-state index in [9.17, 15) is 13.2 Å². The van der Waals surface area contributed by atoms with Crippen LogP contribution in [0.25, 0.3) is 10.7 Å². The second kappa shape index (κ2) is 7.58. The lowest BCUT2D eigenvalue weighted by Crippen LogP contribution is -2.13. The molecule has 0 atom stereocenters. The van der Waals surface area contributed by atoms with Gasteiger partial charge in [-0.25, -0.2) is 8.42 Å². The summed E-state index contributed by atoms with van der Waals surface area (Å²) in [6.07, 6.45) is -0.247. The summed E-state index contributed by atoms with van der Waals surface area (Å²) in [7, 11) is -3.51. The van der Waals surface area contributed by atoms with Gasteiger partial charge in [-0.2, -0.15) is 4.98 Å². The van der Waals surface area contributed by atoms with Crippen LogP contribution in [0.5, 0.6) is 0 Å². The van der Waals surface area contributed by atoms with Crippen molar-refractivity contribution < 1.29 is 22.5 Å². The van der Waals surface area contributed by atoms with E-state index < -0.39 is 15.8 Å². The minimum atomic E-state index is -3.51. The van der Waals surface area contributed by atoms with Gasteiger partial charge >= 0.3 is 5.97 Å². The molecule has 0 radical (unpaired) electrons. The van der Waals surface area contributed by atoms with Gasteiger partial charge in [0.2, 0.25) is 5.82 Å². The number of nitrogens with zero attached hydrogens (tertiary/aromatic N) is 2. The van der Waals surface area contributed by atoms with E-state index in [1.165, 1.54) is 23.5 Å². The maximum Gasteiger partial charge on any atom is 0.307 e. The Morgan fingerprint density at radius 1 is 1.16 bits per heavy atom. The third-order valence-corrected chi connectivity index (χ3v) is 5.84. The van der Waals surface area contributed by atoms with Crippen molar-refractivity contribution in [2.45, 2.75) is 17.9 Å². The number of hydrogen-bond acceptors (Lipinski definition) is 8. The Balaban J connectivity index is 1.50. The molecule has 130 valence electrons. The van der Waals surface area contributed by atoms with Crippen LogP contribution in [0, 0.1) is 0 Å². The highest BCUT2D eigenvalue weighted by Gasteiger charge is 2.17. The minimum Gasteiger partial charge on any atom is -0.456 e. The van der Waals surface area contributed by atoms with Crippen molar-refractivity contribution in [3.8, 4) is 10.7 Å². The zero-order chi connectivity index (χ0) is 17.7. The van der Waals surface area contributed by atoms with Crippen LogP contribution in [0.1, 0.15) is 12.3 Å². The minimum absolute atomic E-state index is 0.155. The Morgan fingerprint density at radius 3 is 2.68 bits per heavy atom. The monoisotopic (exact) mass is 378 g/mol. The van der Waals surface area contributed by atoms with Crippen molar-refractivity contribution in [1.82, 2.24) is 10.1 Å². The average Bonchev–Trinajstić information content (AvgIpc) is 3.30. The highest BCUT2D eigenvalue weighted by Crippen LogP contribution is 2.21. The summed E-state index contributed by atoms with van der Waals surface area (Å²) in [4.78, 5) is 16.9. The number of carbonyl (C=O) groups is 1. The molecule has 0 fully saturated rings. The first kappa shape index (κ1) is 17.3. The maximum absolute atomic E-state index is 12.1. The van der Waals surface area contributed by atoms with Crippen LogP contribution in [-0.2, 0) is 26.0 Å². The summed E-state index contributed by atoms with van der Waals surface area (Å²) >= 11 is 1.46. The number of sulfone groups is 1. The lowest BCUT2D eigenvalue weighted by molar-refractivity contribution is -0.145. The first-order valence-electron chi connectivity index (χ1n) is 7.34. The van der Waals surface area contributed by atoms with Gasteiger partial charge in [-0.3, -0.25) is 4.79 Å². The fraction of sp³-hybridized carbons (Fsp3) is 0.188. The molecule has 0 saturated carbocycles. The van der Waals surface area contributed by atoms with Gasteiger partial charge in [-0.05, 0) is 23.6 Å². The zero-order valence-corrected chi connectivity index (χ0v) is 14.6. The molecule has 0 bridgehead atoms. The van der Waals surface area contributed by atoms with E-state index in [0.717, 1.165) is 4.88 Å². The molecule has 1 aromatic carbocycles. The molecular weight excluding hydrogens is 364 g/mol. The van der Waals surface area contributed by atoms with E-state index >= 15 is 0 Å². The van der Waals surface area contributed by atoms with Crippen LogP contribution in [0.3, 0.4) is 0 Å². The van der Waals surface area contributed by atoms with Gasteiger partial charge in [0.1, 0.15) is 0 Å². The number of ether oxygens (including phenoxy) is 1. The van der Waals surface area contributed by atoms with Crippen LogP contribution in [0.4, 0.5) is 0 Å². The Bertz CT molecular complexity index is 934. The molecule has 2 aromatic heterocycles. The molecule has 0 amide bonds. The summed E-state index contributed by atoms with van der Waals surface area (Å²) < 4.78 is 34.2. The van der Waals surface area contributed by atoms with Crippen molar-refractivity contribution in [2.24, 2.45) is 0 Å². The van der Waals surface area contributed by atoms with Gasteiger partial charge < -0.3 is 9.26 Å². The van der Waals surface area contributed by atoms with Crippen molar-refractivity contribution in [3.63, 3.8) is 0 Å². The molecule has 7 nitrogen and oxygen atoms in total. The first-order valence-corrected chi connectivity index (χ1v) is 9.88. The standard InChI is InChI=1S/C16H14N2O5S2/c19-15(8-10-25(20,21)12-5-2-1-3-6-12)22-11-14-17-16(18-23-14)13-7-4-9-24-13/h1-7,9H,8,10-11H2. The molecule has 0 aliphatic rings. The maximum atomic E-state index is 12.1. The predicted octanol–water partition coefficient (Wildman–Crippen LogP) is 2.71. The SMILES string of the molecule is O=C(CCS(=O)(=O)c1ccccc1)OCc1nc(-c2cccs2)no1. The number of carbonyl (C=O) groups excluding carboxylic acids is 1.